The maximum absolute atomic E-state index is 12.6. The highest BCUT2D eigenvalue weighted by Crippen LogP contribution is 2.43. The van der Waals surface area contributed by atoms with E-state index in [9.17, 15) is 23.8 Å². The maximum Gasteiger partial charge on any atom is 0.472 e. The molecule has 4 N–H and O–H groups in total. The lowest BCUT2D eigenvalue weighted by atomic mass is 10.1. The number of aliphatic carboxylic acids is 1. The van der Waals surface area contributed by atoms with Gasteiger partial charge in [-0.15, -0.1) is 0 Å². The molecule has 0 aromatic carbocycles. The van der Waals surface area contributed by atoms with Crippen molar-refractivity contribution in [3.63, 3.8) is 0 Å². The number of carbonyl (C=O) groups excluding carboxylic acids is 2. The molecule has 1 unspecified atom stereocenters. The Morgan fingerprint density at radius 3 is 1.48 bits per heavy atom. The van der Waals surface area contributed by atoms with Crippen LogP contribution in [0, 0.1) is 0 Å². The van der Waals surface area contributed by atoms with Gasteiger partial charge in [-0.1, -0.05) is 146 Å². The van der Waals surface area contributed by atoms with E-state index in [4.69, 9.17) is 24.8 Å². The number of esters is 2. The number of carbonyl (C=O) groups is 3. The smallest absolute Gasteiger partial charge is 0.472 e. The van der Waals surface area contributed by atoms with Crippen LogP contribution in [0.4, 0.5) is 0 Å². The Hall–Kier alpha value is -2.56. The number of carboxylic acid groups (broad SMARTS) is 1. The first-order valence-electron chi connectivity index (χ1n) is 21.7. The van der Waals surface area contributed by atoms with E-state index in [1.807, 2.05) is 12.2 Å². The SMILES string of the molecule is CCCCCCCC/C=C/C/C=C/C/C=C/CCCC(=O)O[C@H](COC(=O)CCCCC/C=C/CCCCCCCCCC)COP(=O)(O)OC[C@H](N)C(=O)O. The summed E-state index contributed by atoms with van der Waals surface area (Å²) in [6, 6.07) is -1.53. The van der Waals surface area contributed by atoms with Crippen LogP contribution >= 0.6 is 7.82 Å². The Balaban J connectivity index is 4.48. The number of ether oxygens (including phenoxy) is 2. The fraction of sp³-hybridized carbons (Fsp3) is 0.750. The van der Waals surface area contributed by atoms with Crippen molar-refractivity contribution in [2.45, 2.75) is 193 Å². The second-order valence-electron chi connectivity index (χ2n) is 14.5. The molecule has 0 aromatic rings. The summed E-state index contributed by atoms with van der Waals surface area (Å²) in [6.45, 7) is 2.72. The molecule has 324 valence electrons. The van der Waals surface area contributed by atoms with Gasteiger partial charge in [-0.25, -0.2) is 4.57 Å². The number of phosphoric ester groups is 1. The molecule has 0 aliphatic rings. The Morgan fingerprint density at radius 2 is 0.964 bits per heavy atom. The highest BCUT2D eigenvalue weighted by atomic mass is 31.2. The quantitative estimate of drug-likeness (QED) is 0.0233. The van der Waals surface area contributed by atoms with Gasteiger partial charge < -0.3 is 25.2 Å². The number of hydrogen-bond acceptors (Lipinski definition) is 9. The minimum Gasteiger partial charge on any atom is -0.480 e. The summed E-state index contributed by atoms with van der Waals surface area (Å²) in [5.41, 5.74) is 5.32. The predicted octanol–water partition coefficient (Wildman–Crippen LogP) is 11.4. The van der Waals surface area contributed by atoms with Crippen molar-refractivity contribution in [1.29, 1.82) is 0 Å². The largest absolute Gasteiger partial charge is 0.480 e. The van der Waals surface area contributed by atoms with Crippen LogP contribution in [0.5, 0.6) is 0 Å². The second kappa shape index (κ2) is 39.3. The predicted molar refractivity (Wildman–Crippen MR) is 226 cm³/mol. The van der Waals surface area contributed by atoms with Crippen LogP contribution in [0.15, 0.2) is 48.6 Å². The van der Waals surface area contributed by atoms with Crippen LogP contribution in [0.3, 0.4) is 0 Å². The van der Waals surface area contributed by atoms with Gasteiger partial charge in [-0.2, -0.15) is 0 Å². The summed E-state index contributed by atoms with van der Waals surface area (Å²) in [5.74, 6) is -2.47. The second-order valence-corrected chi connectivity index (χ2v) is 15.9. The van der Waals surface area contributed by atoms with Crippen LogP contribution in [-0.2, 0) is 37.5 Å². The summed E-state index contributed by atoms with van der Waals surface area (Å²) in [7, 11) is -4.73. The molecule has 0 fully saturated rings. The van der Waals surface area contributed by atoms with Crippen molar-refractivity contribution < 1.29 is 47.5 Å². The van der Waals surface area contributed by atoms with E-state index in [-0.39, 0.29) is 19.4 Å². The Bertz CT molecular complexity index is 1140. The molecule has 3 atom stereocenters. The first-order chi connectivity index (χ1) is 27.1. The first-order valence-corrected chi connectivity index (χ1v) is 23.2. The van der Waals surface area contributed by atoms with Crippen molar-refractivity contribution in [3.8, 4) is 0 Å². The van der Waals surface area contributed by atoms with Crippen LogP contribution in [0.1, 0.15) is 181 Å². The van der Waals surface area contributed by atoms with Gasteiger partial charge >= 0.3 is 25.7 Å². The van der Waals surface area contributed by atoms with E-state index in [1.165, 1.54) is 89.9 Å². The van der Waals surface area contributed by atoms with Gasteiger partial charge in [0.25, 0.3) is 0 Å². The molecule has 12 heteroatoms. The van der Waals surface area contributed by atoms with Crippen molar-refractivity contribution in [3.05, 3.63) is 48.6 Å². The molecule has 0 rings (SSSR count). The summed E-state index contributed by atoms with van der Waals surface area (Å²) in [4.78, 5) is 45.9. The zero-order valence-corrected chi connectivity index (χ0v) is 35.9. The third-order valence-electron chi connectivity index (χ3n) is 9.05. The maximum atomic E-state index is 12.6. The number of allylic oxidation sites excluding steroid dienone is 8. The molecule has 0 saturated heterocycles. The van der Waals surface area contributed by atoms with Gasteiger partial charge in [-0.3, -0.25) is 23.4 Å². The van der Waals surface area contributed by atoms with E-state index in [0.717, 1.165) is 44.9 Å². The monoisotopic (exact) mass is 812 g/mol. The van der Waals surface area contributed by atoms with Crippen molar-refractivity contribution in [2.75, 3.05) is 19.8 Å². The average molecular weight is 812 g/mol. The third-order valence-corrected chi connectivity index (χ3v) is 10.0. The molecule has 56 heavy (non-hydrogen) atoms. The van der Waals surface area contributed by atoms with E-state index in [2.05, 4.69) is 54.8 Å². The molecule has 0 amide bonds. The van der Waals surface area contributed by atoms with E-state index >= 15 is 0 Å². The number of carboxylic acids is 1. The number of unbranched alkanes of at least 4 members (excludes halogenated alkanes) is 18. The van der Waals surface area contributed by atoms with E-state index in [0.29, 0.717) is 19.3 Å². The zero-order valence-electron chi connectivity index (χ0n) is 35.0. The van der Waals surface area contributed by atoms with Gasteiger partial charge in [0.2, 0.25) is 0 Å². The number of phosphoric acid groups is 1. The van der Waals surface area contributed by atoms with Gasteiger partial charge in [0.15, 0.2) is 6.10 Å². The van der Waals surface area contributed by atoms with Crippen LogP contribution in [-0.4, -0.2) is 59.9 Å². The van der Waals surface area contributed by atoms with Crippen molar-refractivity contribution >= 4 is 25.7 Å². The third kappa shape index (κ3) is 38.3. The Labute approximate surface area is 339 Å². The van der Waals surface area contributed by atoms with Crippen molar-refractivity contribution in [2.24, 2.45) is 5.73 Å². The Morgan fingerprint density at radius 1 is 0.554 bits per heavy atom. The van der Waals surface area contributed by atoms with Crippen LogP contribution in [0.25, 0.3) is 0 Å². The first kappa shape index (κ1) is 53.4. The number of nitrogens with two attached hydrogens (primary N) is 1. The molecule has 0 aromatic heterocycles. The molecular weight excluding hydrogens is 733 g/mol. The van der Waals surface area contributed by atoms with Gasteiger partial charge in [0, 0.05) is 12.8 Å². The molecule has 0 aliphatic heterocycles. The average Bonchev–Trinajstić information content (AvgIpc) is 3.17. The lowest BCUT2D eigenvalue weighted by Crippen LogP contribution is -2.34. The van der Waals surface area contributed by atoms with E-state index in [1.54, 1.807) is 0 Å². The lowest BCUT2D eigenvalue weighted by molar-refractivity contribution is -0.161. The molecular formula is C44H78NO10P. The highest BCUT2D eigenvalue weighted by molar-refractivity contribution is 7.47. The fourth-order valence-corrected chi connectivity index (χ4v) is 6.38. The molecule has 0 spiro atoms. The molecule has 0 saturated carbocycles. The van der Waals surface area contributed by atoms with Crippen molar-refractivity contribution in [1.82, 2.24) is 0 Å². The van der Waals surface area contributed by atoms with Gasteiger partial charge in [-0.05, 0) is 70.6 Å². The van der Waals surface area contributed by atoms with E-state index < -0.39 is 51.1 Å². The molecule has 11 nitrogen and oxygen atoms in total. The minimum absolute atomic E-state index is 0.0857. The van der Waals surface area contributed by atoms with Gasteiger partial charge in [0.05, 0.1) is 13.2 Å². The summed E-state index contributed by atoms with van der Waals surface area (Å²) in [6.07, 6.45) is 43.3. The Kier molecular flexibility index (Phi) is 37.5. The topological polar surface area (TPSA) is 172 Å². The summed E-state index contributed by atoms with van der Waals surface area (Å²) < 4.78 is 32.6. The summed E-state index contributed by atoms with van der Waals surface area (Å²) >= 11 is 0. The molecule has 0 heterocycles. The van der Waals surface area contributed by atoms with Gasteiger partial charge in [0.1, 0.15) is 12.6 Å². The lowest BCUT2D eigenvalue weighted by Gasteiger charge is -2.20. The molecule has 0 radical (unpaired) electrons. The number of hydrogen-bond donors (Lipinski definition) is 3. The summed E-state index contributed by atoms with van der Waals surface area (Å²) in [5, 5.41) is 8.88. The molecule has 0 aliphatic carbocycles. The zero-order chi connectivity index (χ0) is 41.4. The van der Waals surface area contributed by atoms with Crippen LogP contribution in [0.2, 0.25) is 0 Å². The minimum atomic E-state index is -4.73. The normalized spacial score (nSPS) is 14.2. The highest BCUT2D eigenvalue weighted by Gasteiger charge is 2.28. The molecule has 0 bridgehead atoms. The van der Waals surface area contributed by atoms with Crippen LogP contribution < -0.4 is 5.73 Å². The number of rotatable bonds is 40. The standard InChI is InChI=1S/C44H78NO10P/c1-3-5-7-9-11-13-15-17-19-20-22-24-26-28-30-32-34-36-43(47)55-40(38-53-56(50,51)54-39-41(45)44(48)49)37-52-42(46)35-33-31-29-27-25-23-21-18-16-14-12-10-8-6-4-2/h17,19,22-25,28,30,40-41H,3-16,18,20-21,26-27,29,31-39,45H2,1-2H3,(H,48,49)(H,50,51)/b19-17+,24-22+,25-23+,30-28+/t40-,41+/m1/s1. The fourth-order valence-electron chi connectivity index (χ4n) is 5.60.